The van der Waals surface area contributed by atoms with Crippen LogP contribution in [0.4, 0.5) is 0 Å². The summed E-state index contributed by atoms with van der Waals surface area (Å²) in [6.45, 7) is 3.85. The molecule has 0 aliphatic rings. The van der Waals surface area contributed by atoms with Gasteiger partial charge in [0.25, 0.3) is 9.05 Å². The number of aromatic amines is 1. The van der Waals surface area contributed by atoms with E-state index in [0.29, 0.717) is 0 Å². The van der Waals surface area contributed by atoms with Crippen LogP contribution in [0.2, 0.25) is 0 Å². The number of hydrogen-bond acceptors (Lipinski definition) is 4. The summed E-state index contributed by atoms with van der Waals surface area (Å²) >= 11 is 1.12. The number of rotatable bonds is 2. The fourth-order valence-corrected chi connectivity index (χ4v) is 3.42. The molecule has 4 nitrogen and oxygen atoms in total. The van der Waals surface area contributed by atoms with E-state index in [0.717, 1.165) is 33.2 Å². The molecule has 86 valence electrons. The summed E-state index contributed by atoms with van der Waals surface area (Å²) in [4.78, 5) is 0.793. The van der Waals surface area contributed by atoms with Gasteiger partial charge in [-0.3, -0.25) is 5.10 Å². The Morgan fingerprint density at radius 1 is 1.38 bits per heavy atom. The number of nitrogens with one attached hydrogen (secondary N) is 1. The predicted octanol–water partition coefficient (Wildman–Crippen LogP) is 2.68. The van der Waals surface area contributed by atoms with Crippen LogP contribution in [0.5, 0.6) is 0 Å². The third-order valence-corrected chi connectivity index (χ3v) is 5.49. The molecule has 0 aliphatic carbocycles. The molecule has 0 atom stereocenters. The summed E-state index contributed by atoms with van der Waals surface area (Å²) in [5, 5.41) is 6.99. The second-order valence-corrected chi connectivity index (χ2v) is 7.26. The molecule has 0 aromatic carbocycles. The fourth-order valence-electron chi connectivity index (χ4n) is 1.30. The summed E-state index contributed by atoms with van der Waals surface area (Å²) < 4.78 is 22.4. The maximum absolute atomic E-state index is 11.1. The largest absolute Gasteiger partial charge is 0.282 e. The lowest BCUT2D eigenvalue weighted by Crippen LogP contribution is -1.83. The minimum absolute atomic E-state index is 0.143. The van der Waals surface area contributed by atoms with Crippen LogP contribution in [0.15, 0.2) is 16.3 Å². The minimum Gasteiger partial charge on any atom is -0.282 e. The van der Waals surface area contributed by atoms with Crippen LogP contribution < -0.4 is 0 Å². The molecule has 2 heterocycles. The van der Waals surface area contributed by atoms with E-state index < -0.39 is 9.05 Å². The number of aromatic nitrogens is 2. The van der Waals surface area contributed by atoms with Gasteiger partial charge in [0.2, 0.25) is 0 Å². The zero-order valence-corrected chi connectivity index (χ0v) is 11.0. The molecule has 0 saturated heterocycles. The molecule has 0 unspecified atom stereocenters. The lowest BCUT2D eigenvalue weighted by Gasteiger charge is -1.92. The Kier molecular flexibility index (Phi) is 2.81. The highest BCUT2D eigenvalue weighted by Crippen LogP contribution is 2.33. The third-order valence-electron chi connectivity index (χ3n) is 2.31. The van der Waals surface area contributed by atoms with Crippen molar-refractivity contribution < 1.29 is 8.42 Å². The molecular weight excluding hydrogens is 268 g/mol. The molecular formula is C9H9ClN2O2S2. The molecule has 0 radical (unpaired) electrons. The van der Waals surface area contributed by atoms with Crippen molar-refractivity contribution in [1.82, 2.24) is 10.2 Å². The van der Waals surface area contributed by atoms with Crippen molar-refractivity contribution in [1.29, 1.82) is 0 Å². The quantitative estimate of drug-likeness (QED) is 0.858. The number of H-pyrrole nitrogens is 1. The normalized spacial score (nSPS) is 11.9. The molecule has 0 bridgehead atoms. The summed E-state index contributed by atoms with van der Waals surface area (Å²) in [5.41, 5.74) is 2.76. The fraction of sp³-hybridized carbons (Fsp3) is 0.222. The molecule has 0 aliphatic heterocycles. The van der Waals surface area contributed by atoms with E-state index in [4.69, 9.17) is 10.7 Å². The molecule has 2 rings (SSSR count). The van der Waals surface area contributed by atoms with Crippen molar-refractivity contribution in [3.63, 3.8) is 0 Å². The SMILES string of the molecule is Cc1[nH]nc(-c2ccc(S(=O)(=O)Cl)s2)c1C. The lowest BCUT2D eigenvalue weighted by molar-refractivity contribution is 0.611. The van der Waals surface area contributed by atoms with Crippen LogP contribution in [-0.4, -0.2) is 18.6 Å². The maximum Gasteiger partial charge on any atom is 0.270 e. The van der Waals surface area contributed by atoms with Gasteiger partial charge in [-0.05, 0) is 31.5 Å². The van der Waals surface area contributed by atoms with Gasteiger partial charge in [0.15, 0.2) is 0 Å². The van der Waals surface area contributed by atoms with Crippen molar-refractivity contribution in [2.45, 2.75) is 18.1 Å². The average Bonchev–Trinajstić information content (AvgIpc) is 2.74. The van der Waals surface area contributed by atoms with E-state index in [1.165, 1.54) is 6.07 Å². The smallest absolute Gasteiger partial charge is 0.270 e. The van der Waals surface area contributed by atoms with Gasteiger partial charge < -0.3 is 0 Å². The Balaban J connectivity index is 2.51. The topological polar surface area (TPSA) is 62.8 Å². The Morgan fingerprint density at radius 3 is 2.50 bits per heavy atom. The van der Waals surface area contributed by atoms with Crippen molar-refractivity contribution >= 4 is 31.1 Å². The van der Waals surface area contributed by atoms with Crippen LogP contribution in [0.25, 0.3) is 10.6 Å². The molecule has 7 heteroatoms. The molecule has 0 spiro atoms. The van der Waals surface area contributed by atoms with E-state index in [2.05, 4.69) is 10.2 Å². The number of nitrogens with zero attached hydrogens (tertiary/aromatic N) is 1. The Bertz CT molecular complexity index is 628. The van der Waals surface area contributed by atoms with E-state index in [1.54, 1.807) is 6.07 Å². The Morgan fingerprint density at radius 2 is 2.06 bits per heavy atom. The standard InChI is InChI=1S/C9H9ClN2O2S2/c1-5-6(2)11-12-9(5)7-3-4-8(15-7)16(10,13)14/h3-4H,1-2H3,(H,11,12). The Hall–Kier alpha value is -0.850. The monoisotopic (exact) mass is 276 g/mol. The second kappa shape index (κ2) is 3.87. The zero-order valence-electron chi connectivity index (χ0n) is 8.61. The average molecular weight is 277 g/mol. The summed E-state index contributed by atoms with van der Waals surface area (Å²) in [5.74, 6) is 0. The van der Waals surface area contributed by atoms with Crippen molar-refractivity contribution in [2.24, 2.45) is 0 Å². The van der Waals surface area contributed by atoms with E-state index in [9.17, 15) is 8.42 Å². The second-order valence-electron chi connectivity index (χ2n) is 3.38. The number of halogens is 1. The minimum atomic E-state index is -3.64. The van der Waals surface area contributed by atoms with E-state index in [1.807, 2.05) is 13.8 Å². The summed E-state index contributed by atoms with van der Waals surface area (Å²) in [6.07, 6.45) is 0. The first-order valence-electron chi connectivity index (χ1n) is 4.46. The molecule has 0 fully saturated rings. The van der Waals surface area contributed by atoms with Crippen LogP contribution in [-0.2, 0) is 9.05 Å². The van der Waals surface area contributed by atoms with Gasteiger partial charge in [-0.25, -0.2) is 8.42 Å². The number of hydrogen-bond donors (Lipinski definition) is 1. The van der Waals surface area contributed by atoms with Gasteiger partial charge in [0.1, 0.15) is 9.90 Å². The van der Waals surface area contributed by atoms with E-state index >= 15 is 0 Å². The molecule has 16 heavy (non-hydrogen) atoms. The maximum atomic E-state index is 11.1. The van der Waals surface area contributed by atoms with Crippen LogP contribution >= 0.6 is 22.0 Å². The first-order chi connectivity index (χ1) is 7.39. The molecule has 1 N–H and O–H groups in total. The molecule has 2 aromatic rings. The first-order valence-corrected chi connectivity index (χ1v) is 7.58. The van der Waals surface area contributed by atoms with Gasteiger partial charge in [0.05, 0.1) is 4.88 Å². The van der Waals surface area contributed by atoms with Crippen LogP contribution in [0.1, 0.15) is 11.3 Å². The highest BCUT2D eigenvalue weighted by Gasteiger charge is 2.16. The third kappa shape index (κ3) is 2.00. The van der Waals surface area contributed by atoms with Crippen molar-refractivity contribution in [2.75, 3.05) is 0 Å². The molecule has 2 aromatic heterocycles. The van der Waals surface area contributed by atoms with Gasteiger partial charge in [-0.15, -0.1) is 11.3 Å². The van der Waals surface area contributed by atoms with Gasteiger partial charge in [0, 0.05) is 16.4 Å². The molecule has 0 amide bonds. The van der Waals surface area contributed by atoms with Crippen LogP contribution in [0.3, 0.4) is 0 Å². The molecule has 0 saturated carbocycles. The van der Waals surface area contributed by atoms with Crippen molar-refractivity contribution in [3.8, 4) is 10.6 Å². The summed E-state index contributed by atoms with van der Waals surface area (Å²) in [6, 6.07) is 3.20. The van der Waals surface area contributed by atoms with Crippen molar-refractivity contribution in [3.05, 3.63) is 23.4 Å². The predicted molar refractivity (Wildman–Crippen MR) is 64.4 cm³/mol. The van der Waals surface area contributed by atoms with Gasteiger partial charge in [-0.2, -0.15) is 5.10 Å². The highest BCUT2D eigenvalue weighted by atomic mass is 35.7. The highest BCUT2D eigenvalue weighted by molar-refractivity contribution is 8.15. The number of aryl methyl sites for hydroxylation is 1. The zero-order chi connectivity index (χ0) is 11.9. The van der Waals surface area contributed by atoms with Crippen LogP contribution in [0, 0.1) is 13.8 Å². The van der Waals surface area contributed by atoms with Gasteiger partial charge >= 0.3 is 0 Å². The summed E-state index contributed by atoms with van der Waals surface area (Å²) in [7, 11) is 1.62. The lowest BCUT2D eigenvalue weighted by atomic mass is 10.2. The first kappa shape index (κ1) is 11.6. The number of thiophene rings is 1. The van der Waals surface area contributed by atoms with E-state index in [-0.39, 0.29) is 4.21 Å². The Labute approximate surface area is 102 Å². The van der Waals surface area contributed by atoms with Gasteiger partial charge in [-0.1, -0.05) is 0 Å².